The molecule has 1 amide bonds. The summed E-state index contributed by atoms with van der Waals surface area (Å²) in [4.78, 5) is 11.9. The maximum absolute atomic E-state index is 11.9. The van der Waals surface area contributed by atoms with E-state index in [1.807, 2.05) is 38.1 Å². The van der Waals surface area contributed by atoms with Gasteiger partial charge in [-0.3, -0.25) is 4.79 Å². The summed E-state index contributed by atoms with van der Waals surface area (Å²) < 4.78 is 24.7. The maximum Gasteiger partial charge on any atom is 0.235 e. The Bertz CT molecular complexity index is 584. The molecule has 0 aliphatic rings. The van der Waals surface area contributed by atoms with Gasteiger partial charge in [-0.05, 0) is 43.9 Å². The Labute approximate surface area is 148 Å². The Kier molecular flexibility index (Phi) is 8.84. The quantitative estimate of drug-likeness (QED) is 0.608. The van der Waals surface area contributed by atoms with Gasteiger partial charge >= 0.3 is 0 Å². The van der Waals surface area contributed by atoms with Crippen molar-refractivity contribution < 1.29 is 13.2 Å². The van der Waals surface area contributed by atoms with E-state index in [0.717, 1.165) is 30.2 Å². The van der Waals surface area contributed by atoms with Crippen LogP contribution >= 0.6 is 15.9 Å². The molecule has 0 aromatic heterocycles. The fourth-order valence-electron chi connectivity index (χ4n) is 2.27. The third-order valence-electron chi connectivity index (χ3n) is 3.60. The van der Waals surface area contributed by atoms with Crippen molar-refractivity contribution in [3.8, 4) is 0 Å². The van der Waals surface area contributed by atoms with Gasteiger partial charge in [0, 0.05) is 10.5 Å². The summed E-state index contributed by atoms with van der Waals surface area (Å²) in [7, 11) is -3.29. The molecule has 0 radical (unpaired) electrons. The number of hydrogen-bond donors (Lipinski definition) is 1. The number of carbonyl (C=O) groups is 1. The molecule has 1 aromatic rings. The summed E-state index contributed by atoms with van der Waals surface area (Å²) in [6.07, 6.45) is 4.10. The zero-order valence-electron chi connectivity index (χ0n) is 13.8. The van der Waals surface area contributed by atoms with Gasteiger partial charge in [0.25, 0.3) is 0 Å². The second-order valence-electron chi connectivity index (χ2n) is 5.93. The molecule has 1 unspecified atom stereocenters. The van der Waals surface area contributed by atoms with Gasteiger partial charge in [-0.25, -0.2) is 8.42 Å². The molecule has 0 spiro atoms. The maximum atomic E-state index is 11.9. The Morgan fingerprint density at radius 2 is 1.87 bits per heavy atom. The SMILES string of the molecule is CCCCCS(=O)(=O)CC(=O)NC(C)CCc1ccc(Br)cc1. The van der Waals surface area contributed by atoms with Crippen LogP contribution in [0.4, 0.5) is 0 Å². The highest BCUT2D eigenvalue weighted by Gasteiger charge is 2.17. The van der Waals surface area contributed by atoms with Crippen LogP contribution in [-0.2, 0) is 21.1 Å². The fourth-order valence-corrected chi connectivity index (χ4v) is 3.80. The number of sulfone groups is 1. The van der Waals surface area contributed by atoms with Crippen molar-refractivity contribution in [3.05, 3.63) is 34.3 Å². The highest BCUT2D eigenvalue weighted by atomic mass is 79.9. The summed E-state index contributed by atoms with van der Waals surface area (Å²) in [5, 5.41) is 2.78. The number of amides is 1. The van der Waals surface area contributed by atoms with Gasteiger partial charge in [0.15, 0.2) is 9.84 Å². The molecule has 0 bridgehead atoms. The smallest absolute Gasteiger partial charge is 0.235 e. The largest absolute Gasteiger partial charge is 0.353 e. The molecule has 6 heteroatoms. The van der Waals surface area contributed by atoms with E-state index < -0.39 is 21.5 Å². The van der Waals surface area contributed by atoms with E-state index in [1.165, 1.54) is 5.56 Å². The van der Waals surface area contributed by atoms with E-state index in [1.54, 1.807) is 0 Å². The minimum Gasteiger partial charge on any atom is -0.353 e. The number of unbranched alkanes of at least 4 members (excludes halogenated alkanes) is 2. The van der Waals surface area contributed by atoms with Crippen molar-refractivity contribution in [1.29, 1.82) is 0 Å². The standard InChI is InChI=1S/C17H26BrNO3S/c1-3-4-5-12-23(21,22)13-17(20)19-14(2)6-7-15-8-10-16(18)11-9-15/h8-11,14H,3-7,12-13H2,1-2H3,(H,19,20). The summed E-state index contributed by atoms with van der Waals surface area (Å²) in [5.74, 6) is -0.703. The van der Waals surface area contributed by atoms with Crippen LogP contribution in [0.3, 0.4) is 0 Å². The summed E-state index contributed by atoms with van der Waals surface area (Å²) in [6, 6.07) is 8.01. The van der Waals surface area contributed by atoms with E-state index in [9.17, 15) is 13.2 Å². The number of hydrogen-bond acceptors (Lipinski definition) is 3. The normalized spacial score (nSPS) is 12.8. The minimum atomic E-state index is -3.29. The van der Waals surface area contributed by atoms with Gasteiger partial charge in [-0.15, -0.1) is 0 Å². The number of nitrogens with one attached hydrogen (secondary N) is 1. The second kappa shape index (κ2) is 10.1. The van der Waals surface area contributed by atoms with Crippen LogP contribution in [-0.4, -0.2) is 31.9 Å². The number of rotatable bonds is 10. The summed E-state index contributed by atoms with van der Waals surface area (Å²) in [6.45, 7) is 3.92. The van der Waals surface area contributed by atoms with Crippen LogP contribution in [0, 0.1) is 0 Å². The summed E-state index contributed by atoms with van der Waals surface area (Å²) >= 11 is 3.39. The van der Waals surface area contributed by atoms with Crippen LogP contribution in [0.15, 0.2) is 28.7 Å². The van der Waals surface area contributed by atoms with Crippen molar-refractivity contribution in [1.82, 2.24) is 5.32 Å². The van der Waals surface area contributed by atoms with E-state index >= 15 is 0 Å². The number of halogens is 1. The molecule has 1 N–H and O–H groups in total. The molecule has 0 saturated heterocycles. The van der Waals surface area contributed by atoms with E-state index in [2.05, 4.69) is 21.2 Å². The predicted molar refractivity (Wildman–Crippen MR) is 98.2 cm³/mol. The van der Waals surface area contributed by atoms with Crippen LogP contribution in [0.25, 0.3) is 0 Å². The van der Waals surface area contributed by atoms with Gasteiger partial charge in [-0.1, -0.05) is 47.8 Å². The molecular formula is C17H26BrNO3S. The number of benzene rings is 1. The Morgan fingerprint density at radius 3 is 2.48 bits per heavy atom. The van der Waals surface area contributed by atoms with Crippen LogP contribution in [0.5, 0.6) is 0 Å². The van der Waals surface area contributed by atoms with Gasteiger partial charge in [0.05, 0.1) is 5.75 Å². The second-order valence-corrected chi connectivity index (χ2v) is 9.03. The molecule has 23 heavy (non-hydrogen) atoms. The Morgan fingerprint density at radius 1 is 1.22 bits per heavy atom. The fraction of sp³-hybridized carbons (Fsp3) is 0.588. The molecular weight excluding hydrogens is 378 g/mol. The lowest BCUT2D eigenvalue weighted by molar-refractivity contribution is -0.119. The first kappa shape index (κ1) is 20.2. The van der Waals surface area contributed by atoms with Gasteiger partial charge < -0.3 is 5.32 Å². The van der Waals surface area contributed by atoms with Crippen molar-refractivity contribution in [2.75, 3.05) is 11.5 Å². The topological polar surface area (TPSA) is 63.2 Å². The lowest BCUT2D eigenvalue weighted by Gasteiger charge is -2.14. The van der Waals surface area contributed by atoms with Gasteiger partial charge in [0.1, 0.15) is 5.75 Å². The highest BCUT2D eigenvalue weighted by molar-refractivity contribution is 9.10. The molecule has 0 aliphatic carbocycles. The molecule has 1 rings (SSSR count). The first-order chi connectivity index (χ1) is 10.8. The first-order valence-corrected chi connectivity index (χ1v) is 10.7. The molecule has 0 saturated carbocycles. The van der Waals surface area contributed by atoms with Crippen molar-refractivity contribution in [2.24, 2.45) is 0 Å². The average Bonchev–Trinajstić information content (AvgIpc) is 2.46. The average molecular weight is 404 g/mol. The highest BCUT2D eigenvalue weighted by Crippen LogP contribution is 2.12. The Hall–Kier alpha value is -0.880. The monoisotopic (exact) mass is 403 g/mol. The Balaban J connectivity index is 2.34. The summed E-state index contributed by atoms with van der Waals surface area (Å²) in [5.41, 5.74) is 1.20. The number of aryl methyl sites for hydroxylation is 1. The first-order valence-electron chi connectivity index (χ1n) is 8.06. The van der Waals surface area contributed by atoms with E-state index in [0.29, 0.717) is 6.42 Å². The lowest BCUT2D eigenvalue weighted by atomic mass is 10.1. The molecule has 0 fully saturated rings. The van der Waals surface area contributed by atoms with Crippen molar-refractivity contribution in [3.63, 3.8) is 0 Å². The zero-order chi connectivity index (χ0) is 17.3. The molecule has 1 atom stereocenters. The van der Waals surface area contributed by atoms with Crippen LogP contribution < -0.4 is 5.32 Å². The van der Waals surface area contributed by atoms with Crippen molar-refractivity contribution >= 4 is 31.7 Å². The molecule has 130 valence electrons. The van der Waals surface area contributed by atoms with Gasteiger partial charge in [0.2, 0.25) is 5.91 Å². The van der Waals surface area contributed by atoms with Crippen LogP contribution in [0.2, 0.25) is 0 Å². The third-order valence-corrected chi connectivity index (χ3v) is 5.74. The third kappa shape index (κ3) is 9.11. The van der Waals surface area contributed by atoms with E-state index in [4.69, 9.17) is 0 Å². The zero-order valence-corrected chi connectivity index (χ0v) is 16.2. The van der Waals surface area contributed by atoms with E-state index in [-0.39, 0.29) is 11.8 Å². The molecule has 4 nitrogen and oxygen atoms in total. The lowest BCUT2D eigenvalue weighted by Crippen LogP contribution is -2.37. The number of carbonyl (C=O) groups excluding carboxylic acids is 1. The molecule has 0 heterocycles. The molecule has 1 aromatic carbocycles. The van der Waals surface area contributed by atoms with Crippen LogP contribution in [0.1, 0.15) is 45.1 Å². The van der Waals surface area contributed by atoms with Gasteiger partial charge in [-0.2, -0.15) is 0 Å². The predicted octanol–water partition coefficient (Wildman–Crippen LogP) is 3.49. The minimum absolute atomic E-state index is 0.0445. The molecule has 0 aliphatic heterocycles. The van der Waals surface area contributed by atoms with Crippen molar-refractivity contribution in [2.45, 2.75) is 52.0 Å².